The average Bonchev–Trinajstić information content (AvgIpc) is 2.29. The van der Waals surface area contributed by atoms with Gasteiger partial charge in [0.1, 0.15) is 11.9 Å². The second-order valence-electron chi connectivity index (χ2n) is 4.21. The van der Waals surface area contributed by atoms with Crippen molar-refractivity contribution >= 4 is 0 Å². The zero-order valence-corrected chi connectivity index (χ0v) is 10.8. The summed E-state index contributed by atoms with van der Waals surface area (Å²) in [6, 6.07) is 8.65. The Kier molecular flexibility index (Phi) is 5.33. The molecule has 90 valence electrons. The summed E-state index contributed by atoms with van der Waals surface area (Å²) in [5.74, 6) is 0.953. The third-order valence-corrected chi connectivity index (χ3v) is 2.82. The smallest absolute Gasteiger partial charge is 0.119 e. The van der Waals surface area contributed by atoms with Crippen molar-refractivity contribution in [1.82, 2.24) is 5.32 Å². The fourth-order valence-electron chi connectivity index (χ4n) is 1.82. The highest BCUT2D eigenvalue weighted by molar-refractivity contribution is 5.26. The van der Waals surface area contributed by atoms with Crippen LogP contribution in [0.3, 0.4) is 0 Å². The summed E-state index contributed by atoms with van der Waals surface area (Å²) in [7, 11) is 0. The topological polar surface area (TPSA) is 21.3 Å². The van der Waals surface area contributed by atoms with Crippen molar-refractivity contribution in [3.63, 3.8) is 0 Å². The molecule has 1 rings (SSSR count). The molecule has 0 aliphatic heterocycles. The van der Waals surface area contributed by atoms with Gasteiger partial charge >= 0.3 is 0 Å². The van der Waals surface area contributed by atoms with Gasteiger partial charge in [0.15, 0.2) is 0 Å². The Morgan fingerprint density at radius 2 is 1.81 bits per heavy atom. The molecule has 2 unspecified atom stereocenters. The van der Waals surface area contributed by atoms with Gasteiger partial charge in [-0.15, -0.1) is 0 Å². The van der Waals surface area contributed by atoms with Crippen LogP contribution in [-0.4, -0.2) is 18.7 Å². The second kappa shape index (κ2) is 6.54. The molecule has 16 heavy (non-hydrogen) atoms. The minimum absolute atomic E-state index is 0.202. The van der Waals surface area contributed by atoms with Crippen molar-refractivity contribution in [3.05, 3.63) is 29.8 Å². The first-order valence-electron chi connectivity index (χ1n) is 6.14. The minimum atomic E-state index is 0.202. The van der Waals surface area contributed by atoms with Gasteiger partial charge in [-0.2, -0.15) is 0 Å². The number of benzene rings is 1. The summed E-state index contributed by atoms with van der Waals surface area (Å²) in [6.45, 7) is 9.50. The van der Waals surface area contributed by atoms with Crippen LogP contribution in [0.25, 0.3) is 0 Å². The maximum Gasteiger partial charge on any atom is 0.119 e. The SMILES string of the molecule is CCNC(CC)C(C)Oc1ccc(C)cc1. The van der Waals surface area contributed by atoms with Gasteiger partial charge in [0, 0.05) is 6.04 Å². The Morgan fingerprint density at radius 1 is 1.19 bits per heavy atom. The number of hydrogen-bond acceptors (Lipinski definition) is 2. The number of likely N-dealkylation sites (N-methyl/N-ethyl adjacent to an activating group) is 1. The van der Waals surface area contributed by atoms with E-state index >= 15 is 0 Å². The summed E-state index contributed by atoms with van der Waals surface area (Å²) in [4.78, 5) is 0. The molecule has 0 radical (unpaired) electrons. The predicted octanol–water partition coefficient (Wildman–Crippen LogP) is 3.15. The van der Waals surface area contributed by atoms with Crippen LogP contribution in [0.1, 0.15) is 32.8 Å². The van der Waals surface area contributed by atoms with Gasteiger partial charge in [0.2, 0.25) is 0 Å². The first-order valence-corrected chi connectivity index (χ1v) is 6.14. The third kappa shape index (κ3) is 3.86. The van der Waals surface area contributed by atoms with Gasteiger partial charge in [-0.1, -0.05) is 31.5 Å². The van der Waals surface area contributed by atoms with Crippen molar-refractivity contribution in [2.75, 3.05) is 6.54 Å². The monoisotopic (exact) mass is 221 g/mol. The molecule has 1 aromatic carbocycles. The number of hydrogen-bond donors (Lipinski definition) is 1. The van der Waals surface area contributed by atoms with E-state index in [4.69, 9.17) is 4.74 Å². The highest BCUT2D eigenvalue weighted by atomic mass is 16.5. The predicted molar refractivity (Wildman–Crippen MR) is 69.0 cm³/mol. The summed E-state index contributed by atoms with van der Waals surface area (Å²) in [5, 5.41) is 3.44. The van der Waals surface area contributed by atoms with Gasteiger partial charge in [0.05, 0.1) is 0 Å². The molecule has 0 amide bonds. The van der Waals surface area contributed by atoms with Gasteiger partial charge in [-0.25, -0.2) is 0 Å². The molecule has 0 saturated heterocycles. The lowest BCUT2D eigenvalue weighted by molar-refractivity contribution is 0.168. The fraction of sp³-hybridized carbons (Fsp3) is 0.571. The molecule has 1 aromatic rings. The molecule has 0 fully saturated rings. The van der Waals surface area contributed by atoms with Crippen LogP contribution in [0, 0.1) is 6.92 Å². The molecule has 0 heterocycles. The van der Waals surface area contributed by atoms with Crippen molar-refractivity contribution in [2.24, 2.45) is 0 Å². The summed E-state index contributed by atoms with van der Waals surface area (Å²) in [5.41, 5.74) is 1.26. The van der Waals surface area contributed by atoms with Crippen LogP contribution in [0.15, 0.2) is 24.3 Å². The number of ether oxygens (including phenoxy) is 1. The zero-order chi connectivity index (χ0) is 12.0. The standard InChI is InChI=1S/C14H23NO/c1-5-14(15-6-2)12(4)16-13-9-7-11(3)8-10-13/h7-10,12,14-15H,5-6H2,1-4H3. The highest BCUT2D eigenvalue weighted by Gasteiger charge is 2.15. The Morgan fingerprint density at radius 3 is 2.31 bits per heavy atom. The van der Waals surface area contributed by atoms with Crippen LogP contribution >= 0.6 is 0 Å². The molecule has 0 aliphatic carbocycles. The van der Waals surface area contributed by atoms with Crippen LogP contribution in [0.4, 0.5) is 0 Å². The first kappa shape index (κ1) is 13.0. The number of nitrogens with one attached hydrogen (secondary N) is 1. The molecule has 0 spiro atoms. The normalized spacial score (nSPS) is 14.5. The summed E-state index contributed by atoms with van der Waals surface area (Å²) in [6.07, 6.45) is 1.29. The van der Waals surface area contributed by atoms with Crippen LogP contribution in [-0.2, 0) is 0 Å². The lowest BCUT2D eigenvalue weighted by Crippen LogP contribution is -2.40. The summed E-state index contributed by atoms with van der Waals surface area (Å²) < 4.78 is 5.91. The quantitative estimate of drug-likeness (QED) is 0.796. The van der Waals surface area contributed by atoms with E-state index in [0.717, 1.165) is 18.7 Å². The molecule has 2 atom stereocenters. The van der Waals surface area contributed by atoms with Crippen LogP contribution in [0.2, 0.25) is 0 Å². The van der Waals surface area contributed by atoms with E-state index in [0.29, 0.717) is 6.04 Å². The van der Waals surface area contributed by atoms with Gasteiger partial charge in [-0.3, -0.25) is 0 Å². The van der Waals surface area contributed by atoms with Gasteiger partial charge in [-0.05, 0) is 38.9 Å². The van der Waals surface area contributed by atoms with E-state index in [-0.39, 0.29) is 6.10 Å². The molecule has 0 aliphatic rings. The highest BCUT2D eigenvalue weighted by Crippen LogP contribution is 2.15. The van der Waals surface area contributed by atoms with E-state index in [1.807, 2.05) is 12.1 Å². The van der Waals surface area contributed by atoms with Crippen molar-refractivity contribution < 1.29 is 4.74 Å². The lowest BCUT2D eigenvalue weighted by atomic mass is 10.1. The Labute approximate surface area is 99.0 Å². The number of aryl methyl sites for hydroxylation is 1. The third-order valence-electron chi connectivity index (χ3n) is 2.82. The first-order chi connectivity index (χ1) is 7.67. The summed E-state index contributed by atoms with van der Waals surface area (Å²) >= 11 is 0. The molecule has 0 bridgehead atoms. The second-order valence-corrected chi connectivity index (χ2v) is 4.21. The Balaban J connectivity index is 2.55. The maximum atomic E-state index is 5.91. The van der Waals surface area contributed by atoms with Crippen LogP contribution in [0.5, 0.6) is 5.75 Å². The van der Waals surface area contributed by atoms with E-state index in [2.05, 4.69) is 45.1 Å². The molecule has 0 aromatic heterocycles. The molecular weight excluding hydrogens is 198 g/mol. The fourth-order valence-corrected chi connectivity index (χ4v) is 1.82. The minimum Gasteiger partial charge on any atom is -0.489 e. The number of rotatable bonds is 6. The zero-order valence-electron chi connectivity index (χ0n) is 10.8. The van der Waals surface area contributed by atoms with Gasteiger partial charge in [0.25, 0.3) is 0 Å². The van der Waals surface area contributed by atoms with E-state index in [1.54, 1.807) is 0 Å². The molecular formula is C14H23NO. The lowest BCUT2D eigenvalue weighted by Gasteiger charge is -2.24. The van der Waals surface area contributed by atoms with Crippen molar-refractivity contribution in [3.8, 4) is 5.75 Å². The largest absolute Gasteiger partial charge is 0.489 e. The van der Waals surface area contributed by atoms with Crippen LogP contribution < -0.4 is 10.1 Å². The maximum absolute atomic E-state index is 5.91. The average molecular weight is 221 g/mol. The molecule has 2 nitrogen and oxygen atoms in total. The van der Waals surface area contributed by atoms with E-state index in [1.165, 1.54) is 5.56 Å². The van der Waals surface area contributed by atoms with Gasteiger partial charge < -0.3 is 10.1 Å². The molecule has 1 N–H and O–H groups in total. The van der Waals surface area contributed by atoms with E-state index < -0.39 is 0 Å². The molecule has 2 heteroatoms. The Hall–Kier alpha value is -1.02. The van der Waals surface area contributed by atoms with Crippen molar-refractivity contribution in [2.45, 2.75) is 46.3 Å². The molecule has 0 saturated carbocycles. The van der Waals surface area contributed by atoms with Crippen molar-refractivity contribution in [1.29, 1.82) is 0 Å². The Bertz CT molecular complexity index is 294. The van der Waals surface area contributed by atoms with E-state index in [9.17, 15) is 0 Å².